The SMILES string of the molecule is Cc1cc(C(=O)NS(=O)(=O)c2ccccc2)ccc1C(C)(C)C. The van der Waals surface area contributed by atoms with Crippen molar-refractivity contribution in [1.29, 1.82) is 0 Å². The van der Waals surface area contributed by atoms with Gasteiger partial charge in [0.05, 0.1) is 4.90 Å². The number of carbonyl (C=O) groups excluding carboxylic acids is 1. The van der Waals surface area contributed by atoms with Crippen molar-refractivity contribution in [2.24, 2.45) is 0 Å². The van der Waals surface area contributed by atoms with Gasteiger partial charge in [0.2, 0.25) is 0 Å². The second kappa shape index (κ2) is 6.16. The molecule has 2 aromatic carbocycles. The zero-order chi connectivity index (χ0) is 17.3. The summed E-state index contributed by atoms with van der Waals surface area (Å²) in [6.07, 6.45) is 0. The van der Waals surface area contributed by atoms with Crippen LogP contribution in [0.4, 0.5) is 0 Å². The maximum atomic E-state index is 12.3. The number of sulfonamides is 1. The van der Waals surface area contributed by atoms with Crippen LogP contribution in [-0.2, 0) is 15.4 Å². The molecule has 0 spiro atoms. The molecular formula is C18H21NO3S. The first-order chi connectivity index (χ1) is 10.6. The van der Waals surface area contributed by atoms with E-state index in [0.29, 0.717) is 5.56 Å². The number of hydrogen-bond acceptors (Lipinski definition) is 3. The fraction of sp³-hybridized carbons (Fsp3) is 0.278. The normalized spacial score (nSPS) is 12.0. The van der Waals surface area contributed by atoms with Gasteiger partial charge in [0.1, 0.15) is 0 Å². The van der Waals surface area contributed by atoms with Crippen LogP contribution in [0.3, 0.4) is 0 Å². The van der Waals surface area contributed by atoms with Crippen molar-refractivity contribution < 1.29 is 13.2 Å². The monoisotopic (exact) mass is 331 g/mol. The maximum Gasteiger partial charge on any atom is 0.265 e. The van der Waals surface area contributed by atoms with Crippen molar-refractivity contribution in [2.45, 2.75) is 38.0 Å². The molecule has 5 heteroatoms. The Morgan fingerprint density at radius 2 is 1.61 bits per heavy atom. The predicted octanol–water partition coefficient (Wildman–Crippen LogP) is 3.41. The molecule has 1 amide bonds. The van der Waals surface area contributed by atoms with E-state index in [1.165, 1.54) is 12.1 Å². The van der Waals surface area contributed by atoms with Gasteiger partial charge in [-0.05, 0) is 47.7 Å². The molecule has 23 heavy (non-hydrogen) atoms. The van der Waals surface area contributed by atoms with E-state index in [4.69, 9.17) is 0 Å². The van der Waals surface area contributed by atoms with E-state index < -0.39 is 15.9 Å². The molecule has 0 saturated carbocycles. The van der Waals surface area contributed by atoms with E-state index in [1.807, 2.05) is 13.0 Å². The molecule has 0 unspecified atom stereocenters. The number of aryl methyl sites for hydroxylation is 1. The Morgan fingerprint density at radius 1 is 1.00 bits per heavy atom. The molecule has 0 aromatic heterocycles. The van der Waals surface area contributed by atoms with Crippen LogP contribution in [0.5, 0.6) is 0 Å². The van der Waals surface area contributed by atoms with E-state index in [9.17, 15) is 13.2 Å². The fourth-order valence-electron chi connectivity index (χ4n) is 2.49. The molecule has 0 radical (unpaired) electrons. The lowest BCUT2D eigenvalue weighted by molar-refractivity contribution is 0.0981. The summed E-state index contributed by atoms with van der Waals surface area (Å²) in [5, 5.41) is 0. The van der Waals surface area contributed by atoms with Crippen LogP contribution >= 0.6 is 0 Å². The van der Waals surface area contributed by atoms with Crippen LogP contribution < -0.4 is 4.72 Å². The molecule has 2 rings (SSSR count). The van der Waals surface area contributed by atoms with Crippen molar-refractivity contribution in [1.82, 2.24) is 4.72 Å². The topological polar surface area (TPSA) is 63.2 Å². The standard InChI is InChI=1S/C18H21NO3S/c1-13-12-14(10-11-16(13)18(2,3)4)17(20)19-23(21,22)15-8-6-5-7-9-15/h5-12H,1-4H3,(H,19,20). The van der Waals surface area contributed by atoms with Crippen LogP contribution in [0.15, 0.2) is 53.4 Å². The largest absolute Gasteiger partial charge is 0.268 e. The molecule has 0 saturated heterocycles. The lowest BCUT2D eigenvalue weighted by atomic mass is 9.83. The van der Waals surface area contributed by atoms with Gasteiger partial charge in [-0.15, -0.1) is 0 Å². The van der Waals surface area contributed by atoms with Gasteiger partial charge in [0, 0.05) is 5.56 Å². The number of benzene rings is 2. The molecule has 1 N–H and O–H groups in total. The molecule has 0 aliphatic carbocycles. The summed E-state index contributed by atoms with van der Waals surface area (Å²) in [5.41, 5.74) is 2.38. The zero-order valence-corrected chi connectivity index (χ0v) is 14.6. The molecule has 0 bridgehead atoms. The third-order valence-electron chi connectivity index (χ3n) is 3.58. The molecule has 4 nitrogen and oxygen atoms in total. The van der Waals surface area contributed by atoms with Crippen LogP contribution in [-0.4, -0.2) is 14.3 Å². The first-order valence-electron chi connectivity index (χ1n) is 7.34. The highest BCUT2D eigenvalue weighted by atomic mass is 32.2. The van der Waals surface area contributed by atoms with Gasteiger partial charge in [0.15, 0.2) is 0 Å². The highest BCUT2D eigenvalue weighted by molar-refractivity contribution is 7.90. The van der Waals surface area contributed by atoms with Gasteiger partial charge in [-0.25, -0.2) is 13.1 Å². The Balaban J connectivity index is 2.27. The van der Waals surface area contributed by atoms with Crippen LogP contribution in [0.25, 0.3) is 0 Å². The molecular weight excluding hydrogens is 310 g/mol. The highest BCUT2D eigenvalue weighted by Gasteiger charge is 2.21. The molecule has 0 aliphatic heterocycles. The quantitative estimate of drug-likeness (QED) is 0.937. The van der Waals surface area contributed by atoms with Gasteiger partial charge in [-0.1, -0.05) is 45.0 Å². The second-order valence-electron chi connectivity index (χ2n) is 6.53. The fourth-order valence-corrected chi connectivity index (χ4v) is 3.48. The summed E-state index contributed by atoms with van der Waals surface area (Å²) in [6, 6.07) is 13.1. The summed E-state index contributed by atoms with van der Waals surface area (Å²) < 4.78 is 26.5. The Labute approximate surface area is 137 Å². The molecule has 0 aliphatic rings. The smallest absolute Gasteiger partial charge is 0.265 e. The average molecular weight is 331 g/mol. The number of carbonyl (C=O) groups is 1. The molecule has 0 fully saturated rings. The third-order valence-corrected chi connectivity index (χ3v) is 4.92. The Morgan fingerprint density at radius 3 is 2.13 bits per heavy atom. The summed E-state index contributed by atoms with van der Waals surface area (Å²) >= 11 is 0. The van der Waals surface area contributed by atoms with E-state index >= 15 is 0 Å². The lowest BCUT2D eigenvalue weighted by Crippen LogP contribution is -2.30. The average Bonchev–Trinajstić information content (AvgIpc) is 2.46. The van der Waals surface area contributed by atoms with Gasteiger partial charge in [-0.3, -0.25) is 4.79 Å². The number of nitrogens with one attached hydrogen (secondary N) is 1. The van der Waals surface area contributed by atoms with Crippen LogP contribution in [0.1, 0.15) is 42.3 Å². The predicted molar refractivity (Wildman–Crippen MR) is 91.0 cm³/mol. The first-order valence-corrected chi connectivity index (χ1v) is 8.83. The number of amides is 1. The minimum absolute atomic E-state index is 0.0325. The van der Waals surface area contributed by atoms with E-state index in [0.717, 1.165) is 11.1 Å². The Kier molecular flexibility index (Phi) is 4.61. The van der Waals surface area contributed by atoms with E-state index in [1.54, 1.807) is 30.3 Å². The minimum Gasteiger partial charge on any atom is -0.268 e. The van der Waals surface area contributed by atoms with Crippen molar-refractivity contribution in [2.75, 3.05) is 0 Å². The summed E-state index contributed by atoms with van der Waals surface area (Å²) in [6.45, 7) is 8.20. The Bertz CT molecular complexity index is 819. The van der Waals surface area contributed by atoms with Gasteiger partial charge < -0.3 is 0 Å². The van der Waals surface area contributed by atoms with Crippen molar-refractivity contribution >= 4 is 15.9 Å². The third kappa shape index (κ3) is 3.99. The van der Waals surface area contributed by atoms with Crippen LogP contribution in [0, 0.1) is 6.92 Å². The van der Waals surface area contributed by atoms with Crippen molar-refractivity contribution in [3.05, 3.63) is 65.2 Å². The molecule has 0 atom stereocenters. The first kappa shape index (κ1) is 17.2. The summed E-state index contributed by atoms with van der Waals surface area (Å²) in [5.74, 6) is -0.627. The molecule has 0 heterocycles. The minimum atomic E-state index is -3.86. The maximum absolute atomic E-state index is 12.3. The highest BCUT2D eigenvalue weighted by Crippen LogP contribution is 2.26. The Hall–Kier alpha value is -2.14. The number of rotatable bonds is 3. The summed E-state index contributed by atoms with van der Waals surface area (Å²) in [7, 11) is -3.86. The second-order valence-corrected chi connectivity index (χ2v) is 8.21. The van der Waals surface area contributed by atoms with Gasteiger partial charge in [0.25, 0.3) is 15.9 Å². The van der Waals surface area contributed by atoms with Crippen molar-refractivity contribution in [3.8, 4) is 0 Å². The van der Waals surface area contributed by atoms with E-state index in [2.05, 4.69) is 25.5 Å². The van der Waals surface area contributed by atoms with Crippen molar-refractivity contribution in [3.63, 3.8) is 0 Å². The summed E-state index contributed by atoms with van der Waals surface area (Å²) in [4.78, 5) is 12.3. The van der Waals surface area contributed by atoms with Gasteiger partial charge >= 0.3 is 0 Å². The number of hydrogen-bond donors (Lipinski definition) is 1. The van der Waals surface area contributed by atoms with E-state index in [-0.39, 0.29) is 10.3 Å². The van der Waals surface area contributed by atoms with Gasteiger partial charge in [-0.2, -0.15) is 0 Å². The molecule has 2 aromatic rings. The zero-order valence-electron chi connectivity index (χ0n) is 13.8. The lowest BCUT2D eigenvalue weighted by Gasteiger charge is -2.22. The van der Waals surface area contributed by atoms with Crippen LogP contribution in [0.2, 0.25) is 0 Å². The molecule has 122 valence electrons.